The van der Waals surface area contributed by atoms with Gasteiger partial charge in [0.15, 0.2) is 0 Å². The second-order valence-corrected chi connectivity index (χ2v) is 6.09. The molecule has 0 saturated heterocycles. The summed E-state index contributed by atoms with van der Waals surface area (Å²) in [7, 11) is 0. The van der Waals surface area contributed by atoms with Crippen LogP contribution in [0.3, 0.4) is 0 Å². The van der Waals surface area contributed by atoms with Gasteiger partial charge >= 0.3 is 0 Å². The summed E-state index contributed by atoms with van der Waals surface area (Å²) in [6.07, 6.45) is 3.78. The van der Waals surface area contributed by atoms with Crippen molar-refractivity contribution in [1.82, 2.24) is 5.32 Å². The topological polar surface area (TPSA) is 12.0 Å². The van der Waals surface area contributed by atoms with E-state index in [9.17, 15) is 0 Å². The Kier molecular flexibility index (Phi) is 5.87. The van der Waals surface area contributed by atoms with E-state index in [-0.39, 0.29) is 5.41 Å². The lowest BCUT2D eigenvalue weighted by molar-refractivity contribution is 0.477. The molecule has 1 N–H and O–H groups in total. The summed E-state index contributed by atoms with van der Waals surface area (Å²) in [4.78, 5) is 0. The molecule has 0 spiro atoms. The monoisotopic (exact) mass is 247 g/mol. The maximum absolute atomic E-state index is 3.65. The molecule has 1 aromatic carbocycles. The molecule has 0 amide bonds. The van der Waals surface area contributed by atoms with Gasteiger partial charge < -0.3 is 5.32 Å². The summed E-state index contributed by atoms with van der Waals surface area (Å²) in [5.74, 6) is 0. The fraction of sp³-hybridized carbons (Fsp3) is 0.647. The lowest BCUT2D eigenvalue weighted by atomic mass is 9.81. The molecule has 1 aromatic rings. The van der Waals surface area contributed by atoms with E-state index in [1.54, 1.807) is 0 Å². The first-order valence-corrected chi connectivity index (χ1v) is 7.33. The van der Waals surface area contributed by atoms with Crippen LogP contribution in [0.1, 0.15) is 71.0 Å². The molecular formula is C17H29N. The highest BCUT2D eigenvalue weighted by Crippen LogP contribution is 2.31. The standard InChI is InChI=1S/C17H29N/c1-6-8-13-16(18-7-2)14-11-9-10-12-15(14)17(3,4)5/h9-12,16,18H,6-8,13H2,1-5H3. The van der Waals surface area contributed by atoms with Crippen molar-refractivity contribution in [2.45, 2.75) is 65.3 Å². The summed E-state index contributed by atoms with van der Waals surface area (Å²) in [6.45, 7) is 12.4. The molecule has 0 aliphatic rings. The van der Waals surface area contributed by atoms with E-state index in [0.717, 1.165) is 6.54 Å². The lowest BCUT2D eigenvalue weighted by Crippen LogP contribution is -2.25. The number of hydrogen-bond donors (Lipinski definition) is 1. The average molecular weight is 247 g/mol. The molecular weight excluding hydrogens is 218 g/mol. The molecule has 102 valence electrons. The van der Waals surface area contributed by atoms with Crippen LogP contribution in [0.15, 0.2) is 24.3 Å². The first-order chi connectivity index (χ1) is 8.50. The van der Waals surface area contributed by atoms with Crippen LogP contribution in [-0.2, 0) is 5.41 Å². The van der Waals surface area contributed by atoms with E-state index in [1.165, 1.54) is 30.4 Å². The van der Waals surface area contributed by atoms with Crippen LogP contribution < -0.4 is 5.32 Å². The third kappa shape index (κ3) is 4.13. The normalized spacial score (nSPS) is 13.6. The summed E-state index contributed by atoms with van der Waals surface area (Å²) in [6, 6.07) is 9.41. The van der Waals surface area contributed by atoms with Gasteiger partial charge in [-0.3, -0.25) is 0 Å². The number of nitrogens with one attached hydrogen (secondary N) is 1. The van der Waals surface area contributed by atoms with Crippen molar-refractivity contribution < 1.29 is 0 Å². The minimum Gasteiger partial charge on any atom is -0.310 e. The van der Waals surface area contributed by atoms with Crippen molar-refractivity contribution in [3.8, 4) is 0 Å². The molecule has 1 heteroatoms. The van der Waals surface area contributed by atoms with Crippen LogP contribution in [0.25, 0.3) is 0 Å². The third-order valence-electron chi connectivity index (χ3n) is 3.44. The Balaban J connectivity index is 3.03. The van der Waals surface area contributed by atoms with Crippen molar-refractivity contribution in [3.63, 3.8) is 0 Å². The van der Waals surface area contributed by atoms with Gasteiger partial charge in [0.25, 0.3) is 0 Å². The Morgan fingerprint density at radius 2 is 1.78 bits per heavy atom. The first kappa shape index (κ1) is 15.2. The molecule has 0 aromatic heterocycles. The zero-order valence-electron chi connectivity index (χ0n) is 12.7. The molecule has 0 fully saturated rings. The summed E-state index contributed by atoms with van der Waals surface area (Å²) in [5.41, 5.74) is 3.18. The van der Waals surface area contributed by atoms with Gasteiger partial charge in [-0.2, -0.15) is 0 Å². The van der Waals surface area contributed by atoms with E-state index in [4.69, 9.17) is 0 Å². The van der Waals surface area contributed by atoms with E-state index in [0.29, 0.717) is 6.04 Å². The Hall–Kier alpha value is -0.820. The highest BCUT2D eigenvalue weighted by molar-refractivity contribution is 5.35. The smallest absolute Gasteiger partial charge is 0.0323 e. The molecule has 0 heterocycles. The van der Waals surface area contributed by atoms with Gasteiger partial charge in [0.05, 0.1) is 0 Å². The minimum absolute atomic E-state index is 0.219. The number of benzene rings is 1. The number of rotatable bonds is 6. The van der Waals surface area contributed by atoms with Crippen LogP contribution in [0.4, 0.5) is 0 Å². The fourth-order valence-corrected chi connectivity index (χ4v) is 2.51. The van der Waals surface area contributed by atoms with Gasteiger partial charge in [0.2, 0.25) is 0 Å². The molecule has 1 atom stereocenters. The molecule has 0 radical (unpaired) electrons. The zero-order chi connectivity index (χ0) is 13.6. The van der Waals surface area contributed by atoms with Crippen LogP contribution in [-0.4, -0.2) is 6.54 Å². The van der Waals surface area contributed by atoms with Gasteiger partial charge in [-0.05, 0) is 29.5 Å². The maximum Gasteiger partial charge on any atom is 0.0323 e. The SMILES string of the molecule is CCCCC(NCC)c1ccccc1C(C)(C)C. The Bertz CT molecular complexity index is 349. The largest absolute Gasteiger partial charge is 0.310 e. The molecule has 1 nitrogen and oxygen atoms in total. The van der Waals surface area contributed by atoms with Gasteiger partial charge in [-0.15, -0.1) is 0 Å². The van der Waals surface area contributed by atoms with E-state index < -0.39 is 0 Å². The van der Waals surface area contributed by atoms with Crippen molar-refractivity contribution in [1.29, 1.82) is 0 Å². The Morgan fingerprint density at radius 3 is 2.33 bits per heavy atom. The molecule has 0 aliphatic carbocycles. The Labute approximate surface area is 113 Å². The van der Waals surface area contributed by atoms with Crippen LogP contribution in [0.5, 0.6) is 0 Å². The molecule has 0 bridgehead atoms. The van der Waals surface area contributed by atoms with Crippen LogP contribution >= 0.6 is 0 Å². The maximum atomic E-state index is 3.65. The number of hydrogen-bond acceptors (Lipinski definition) is 1. The van der Waals surface area contributed by atoms with Gasteiger partial charge in [-0.25, -0.2) is 0 Å². The molecule has 0 aliphatic heterocycles. The lowest BCUT2D eigenvalue weighted by Gasteiger charge is -2.28. The molecule has 18 heavy (non-hydrogen) atoms. The summed E-state index contributed by atoms with van der Waals surface area (Å²) < 4.78 is 0. The van der Waals surface area contributed by atoms with E-state index in [1.807, 2.05) is 0 Å². The van der Waals surface area contributed by atoms with Gasteiger partial charge in [0.1, 0.15) is 0 Å². The average Bonchev–Trinajstić information content (AvgIpc) is 2.33. The van der Waals surface area contributed by atoms with Crippen molar-refractivity contribution in [3.05, 3.63) is 35.4 Å². The van der Waals surface area contributed by atoms with Crippen molar-refractivity contribution in [2.24, 2.45) is 0 Å². The minimum atomic E-state index is 0.219. The predicted octanol–water partition coefficient (Wildman–Crippen LogP) is 4.82. The van der Waals surface area contributed by atoms with E-state index >= 15 is 0 Å². The van der Waals surface area contributed by atoms with Crippen LogP contribution in [0, 0.1) is 0 Å². The van der Waals surface area contributed by atoms with Crippen molar-refractivity contribution in [2.75, 3.05) is 6.54 Å². The second-order valence-electron chi connectivity index (χ2n) is 6.09. The van der Waals surface area contributed by atoms with Gasteiger partial charge in [-0.1, -0.05) is 71.7 Å². The molecule has 0 saturated carbocycles. The predicted molar refractivity (Wildman–Crippen MR) is 81.1 cm³/mol. The zero-order valence-corrected chi connectivity index (χ0v) is 12.7. The van der Waals surface area contributed by atoms with Crippen molar-refractivity contribution >= 4 is 0 Å². The van der Waals surface area contributed by atoms with E-state index in [2.05, 4.69) is 64.2 Å². The highest BCUT2D eigenvalue weighted by Gasteiger charge is 2.21. The first-order valence-electron chi connectivity index (χ1n) is 7.33. The summed E-state index contributed by atoms with van der Waals surface area (Å²) in [5, 5.41) is 3.65. The fourth-order valence-electron chi connectivity index (χ4n) is 2.51. The summed E-state index contributed by atoms with van der Waals surface area (Å²) >= 11 is 0. The van der Waals surface area contributed by atoms with Crippen LogP contribution in [0.2, 0.25) is 0 Å². The molecule has 1 unspecified atom stereocenters. The number of unbranched alkanes of at least 4 members (excludes halogenated alkanes) is 1. The second kappa shape index (κ2) is 6.94. The van der Waals surface area contributed by atoms with Gasteiger partial charge in [0, 0.05) is 6.04 Å². The Morgan fingerprint density at radius 1 is 1.11 bits per heavy atom. The molecule has 1 rings (SSSR count). The highest BCUT2D eigenvalue weighted by atomic mass is 14.9. The quantitative estimate of drug-likeness (QED) is 0.759. The third-order valence-corrected chi connectivity index (χ3v) is 3.44.